The van der Waals surface area contributed by atoms with E-state index in [1.165, 1.54) is 11.8 Å². The summed E-state index contributed by atoms with van der Waals surface area (Å²) >= 11 is 1.53. The Morgan fingerprint density at radius 3 is 3.07 bits per heavy atom. The Balaban J connectivity index is 2.67. The largest absolute Gasteiger partial charge is 0.491 e. The Hall–Kier alpha value is -0.740. The van der Waals surface area contributed by atoms with E-state index in [0.29, 0.717) is 6.61 Å². The zero-order chi connectivity index (χ0) is 11.1. The molecular weight excluding hydrogens is 210 g/mol. The van der Waals surface area contributed by atoms with Crippen molar-refractivity contribution in [3.63, 3.8) is 0 Å². The van der Waals surface area contributed by atoms with Crippen molar-refractivity contribution < 1.29 is 9.84 Å². The third-order valence-corrected chi connectivity index (χ3v) is 2.85. The number of ether oxygens (including phenoxy) is 1. The SMILES string of the molecule is CCCOc1cccnc1SC(C)CO. The van der Waals surface area contributed by atoms with Crippen LogP contribution in [0.15, 0.2) is 23.4 Å². The predicted molar refractivity (Wildman–Crippen MR) is 62.4 cm³/mol. The van der Waals surface area contributed by atoms with E-state index >= 15 is 0 Å². The van der Waals surface area contributed by atoms with Crippen LogP contribution in [0.2, 0.25) is 0 Å². The van der Waals surface area contributed by atoms with E-state index in [1.54, 1.807) is 6.20 Å². The van der Waals surface area contributed by atoms with E-state index in [4.69, 9.17) is 9.84 Å². The van der Waals surface area contributed by atoms with Crippen LogP contribution in [0.5, 0.6) is 5.75 Å². The van der Waals surface area contributed by atoms with Gasteiger partial charge in [-0.1, -0.05) is 25.6 Å². The second-order valence-corrected chi connectivity index (χ2v) is 4.69. The number of aromatic nitrogens is 1. The first-order valence-electron chi connectivity index (χ1n) is 5.13. The molecule has 0 saturated carbocycles. The molecule has 0 spiro atoms. The van der Waals surface area contributed by atoms with Crippen LogP contribution in [0.1, 0.15) is 20.3 Å². The lowest BCUT2D eigenvalue weighted by Gasteiger charge is -2.11. The topological polar surface area (TPSA) is 42.4 Å². The molecule has 1 unspecified atom stereocenters. The van der Waals surface area contributed by atoms with E-state index in [1.807, 2.05) is 19.1 Å². The minimum absolute atomic E-state index is 0.142. The summed E-state index contributed by atoms with van der Waals surface area (Å²) in [6, 6.07) is 3.77. The summed E-state index contributed by atoms with van der Waals surface area (Å²) in [6.45, 7) is 4.88. The van der Waals surface area contributed by atoms with E-state index in [9.17, 15) is 0 Å². The predicted octanol–water partition coefficient (Wildman–Crippen LogP) is 2.34. The average Bonchev–Trinajstić information content (AvgIpc) is 2.28. The molecule has 1 rings (SSSR count). The highest BCUT2D eigenvalue weighted by Crippen LogP contribution is 2.29. The zero-order valence-corrected chi connectivity index (χ0v) is 9.96. The Kier molecular flexibility index (Phi) is 5.50. The highest BCUT2D eigenvalue weighted by atomic mass is 32.2. The standard InChI is InChI=1S/C11H17NO2S/c1-3-7-14-10-5-4-6-12-11(10)15-9(2)8-13/h4-6,9,13H,3,7-8H2,1-2H3. The summed E-state index contributed by atoms with van der Waals surface area (Å²) < 4.78 is 5.57. The first-order chi connectivity index (χ1) is 7.27. The summed E-state index contributed by atoms with van der Waals surface area (Å²) in [7, 11) is 0. The lowest BCUT2D eigenvalue weighted by atomic mass is 10.4. The highest BCUT2D eigenvalue weighted by molar-refractivity contribution is 8.00. The van der Waals surface area contributed by atoms with Gasteiger partial charge in [0.25, 0.3) is 0 Å². The number of rotatable bonds is 6. The molecule has 1 aromatic heterocycles. The van der Waals surface area contributed by atoms with Crippen molar-refractivity contribution >= 4 is 11.8 Å². The molecular formula is C11H17NO2S. The number of hydrogen-bond acceptors (Lipinski definition) is 4. The van der Waals surface area contributed by atoms with Gasteiger partial charge in [-0.2, -0.15) is 0 Å². The first kappa shape index (κ1) is 12.3. The maximum absolute atomic E-state index is 8.97. The maximum atomic E-state index is 8.97. The molecule has 0 aliphatic rings. The van der Waals surface area contributed by atoms with Crippen LogP contribution >= 0.6 is 11.8 Å². The van der Waals surface area contributed by atoms with Gasteiger partial charge in [0.2, 0.25) is 0 Å². The van der Waals surface area contributed by atoms with Gasteiger partial charge in [-0.25, -0.2) is 4.98 Å². The molecule has 0 aliphatic heterocycles. The van der Waals surface area contributed by atoms with Crippen molar-refractivity contribution in [3.05, 3.63) is 18.3 Å². The molecule has 0 bridgehead atoms. The smallest absolute Gasteiger partial charge is 0.151 e. The van der Waals surface area contributed by atoms with Crippen LogP contribution in [0.4, 0.5) is 0 Å². The summed E-state index contributed by atoms with van der Waals surface area (Å²) in [4.78, 5) is 4.25. The molecule has 0 aromatic carbocycles. The number of aliphatic hydroxyl groups excluding tert-OH is 1. The van der Waals surface area contributed by atoms with Gasteiger partial charge in [0.15, 0.2) is 5.75 Å². The van der Waals surface area contributed by atoms with Gasteiger partial charge in [0.1, 0.15) is 5.03 Å². The van der Waals surface area contributed by atoms with Crippen molar-refractivity contribution in [1.29, 1.82) is 0 Å². The van der Waals surface area contributed by atoms with Crippen molar-refractivity contribution in [2.24, 2.45) is 0 Å². The molecule has 1 N–H and O–H groups in total. The fourth-order valence-electron chi connectivity index (χ4n) is 1.01. The monoisotopic (exact) mass is 227 g/mol. The Morgan fingerprint density at radius 2 is 2.40 bits per heavy atom. The zero-order valence-electron chi connectivity index (χ0n) is 9.14. The minimum Gasteiger partial charge on any atom is -0.491 e. The minimum atomic E-state index is 0.142. The normalized spacial score (nSPS) is 12.5. The highest BCUT2D eigenvalue weighted by Gasteiger charge is 2.09. The third kappa shape index (κ3) is 4.10. The van der Waals surface area contributed by atoms with Gasteiger partial charge < -0.3 is 9.84 Å². The Bertz CT molecular complexity index is 294. The number of aliphatic hydroxyl groups is 1. The molecule has 4 heteroatoms. The van der Waals surface area contributed by atoms with Crippen molar-refractivity contribution in [1.82, 2.24) is 4.98 Å². The molecule has 15 heavy (non-hydrogen) atoms. The summed E-state index contributed by atoms with van der Waals surface area (Å²) in [5.74, 6) is 0.810. The van der Waals surface area contributed by atoms with Crippen molar-refractivity contribution in [3.8, 4) is 5.75 Å². The molecule has 0 aliphatic carbocycles. The van der Waals surface area contributed by atoms with Crippen LogP contribution in [0, 0.1) is 0 Å². The second kappa shape index (κ2) is 6.69. The second-order valence-electron chi connectivity index (χ2n) is 3.27. The van der Waals surface area contributed by atoms with Crippen LogP contribution in [-0.4, -0.2) is 28.6 Å². The van der Waals surface area contributed by atoms with Gasteiger partial charge in [-0.05, 0) is 18.6 Å². The van der Waals surface area contributed by atoms with Crippen LogP contribution in [-0.2, 0) is 0 Å². The fourth-order valence-corrected chi connectivity index (χ4v) is 1.83. The molecule has 1 atom stereocenters. The number of thioether (sulfide) groups is 1. The Labute approximate surface area is 94.9 Å². The molecule has 84 valence electrons. The number of nitrogens with zero attached hydrogens (tertiary/aromatic N) is 1. The summed E-state index contributed by atoms with van der Waals surface area (Å²) in [6.07, 6.45) is 2.72. The van der Waals surface area contributed by atoms with Gasteiger partial charge in [-0.3, -0.25) is 0 Å². The van der Waals surface area contributed by atoms with Crippen molar-refractivity contribution in [2.45, 2.75) is 30.5 Å². The molecule has 0 fully saturated rings. The fraction of sp³-hybridized carbons (Fsp3) is 0.545. The van der Waals surface area contributed by atoms with Gasteiger partial charge in [0, 0.05) is 11.4 Å². The summed E-state index contributed by atoms with van der Waals surface area (Å²) in [5, 5.41) is 9.97. The molecule has 3 nitrogen and oxygen atoms in total. The van der Waals surface area contributed by atoms with Gasteiger partial charge in [-0.15, -0.1) is 0 Å². The third-order valence-electron chi connectivity index (χ3n) is 1.77. The number of pyridine rings is 1. The van der Waals surface area contributed by atoms with E-state index in [2.05, 4.69) is 11.9 Å². The maximum Gasteiger partial charge on any atom is 0.151 e. The lowest BCUT2D eigenvalue weighted by Crippen LogP contribution is -2.04. The van der Waals surface area contributed by atoms with E-state index < -0.39 is 0 Å². The molecule has 0 radical (unpaired) electrons. The molecule has 1 aromatic rings. The number of hydrogen-bond donors (Lipinski definition) is 1. The van der Waals surface area contributed by atoms with E-state index in [-0.39, 0.29) is 11.9 Å². The quantitative estimate of drug-likeness (QED) is 0.757. The molecule has 0 saturated heterocycles. The van der Waals surface area contributed by atoms with E-state index in [0.717, 1.165) is 17.2 Å². The lowest BCUT2D eigenvalue weighted by molar-refractivity contribution is 0.298. The summed E-state index contributed by atoms with van der Waals surface area (Å²) in [5.41, 5.74) is 0. The molecule has 1 heterocycles. The van der Waals surface area contributed by atoms with Gasteiger partial charge >= 0.3 is 0 Å². The van der Waals surface area contributed by atoms with Gasteiger partial charge in [0.05, 0.1) is 13.2 Å². The molecule has 0 amide bonds. The van der Waals surface area contributed by atoms with Crippen LogP contribution in [0.3, 0.4) is 0 Å². The first-order valence-corrected chi connectivity index (χ1v) is 6.01. The average molecular weight is 227 g/mol. The van der Waals surface area contributed by atoms with Crippen LogP contribution < -0.4 is 4.74 Å². The van der Waals surface area contributed by atoms with Crippen molar-refractivity contribution in [2.75, 3.05) is 13.2 Å². The Morgan fingerprint density at radius 1 is 1.60 bits per heavy atom. The van der Waals surface area contributed by atoms with Crippen LogP contribution in [0.25, 0.3) is 0 Å².